The molecule has 62 valence electrons. The predicted octanol–water partition coefficient (Wildman–Crippen LogP) is 0.984. The minimum Gasteiger partial charge on any atom is -0.314 e. The number of piperazine rings is 1. The zero-order chi connectivity index (χ0) is 6.53. The quantitative estimate of drug-likeness (QED) is 0.604. The van der Waals surface area contributed by atoms with Gasteiger partial charge in [0.15, 0.2) is 0 Å². The van der Waals surface area contributed by atoms with E-state index in [9.17, 15) is 0 Å². The molecule has 1 aliphatic heterocycles. The summed E-state index contributed by atoms with van der Waals surface area (Å²) in [7, 11) is 0. The molecule has 0 saturated carbocycles. The van der Waals surface area contributed by atoms with Gasteiger partial charge >= 0.3 is 0 Å². The molecule has 0 unspecified atom stereocenters. The van der Waals surface area contributed by atoms with Gasteiger partial charge in [-0.15, -0.1) is 0 Å². The maximum atomic E-state index is 3.46. The Hall–Kier alpha value is -0.0800. The highest BCUT2D eigenvalue weighted by molar-refractivity contribution is 4.74. The van der Waals surface area contributed by atoms with Crippen LogP contribution in [0.5, 0.6) is 0 Å². The summed E-state index contributed by atoms with van der Waals surface area (Å²) in [5.41, 5.74) is 0. The van der Waals surface area contributed by atoms with Gasteiger partial charge in [-0.05, 0) is 6.42 Å². The molecule has 1 aliphatic rings. The van der Waals surface area contributed by atoms with E-state index in [1.807, 2.05) is 0 Å². The van der Waals surface area contributed by atoms with Gasteiger partial charge in [-0.25, -0.2) is 0 Å². The molecule has 0 aromatic heterocycles. The van der Waals surface area contributed by atoms with Crippen LogP contribution in [-0.2, 0) is 0 Å². The zero-order valence-electron chi connectivity index (χ0n) is 6.11. The highest BCUT2D eigenvalue weighted by atomic mass is 15.0. The van der Waals surface area contributed by atoms with Crippen molar-refractivity contribution in [1.82, 2.24) is 10.6 Å². The molecule has 0 aromatic carbocycles. The lowest BCUT2D eigenvalue weighted by Crippen LogP contribution is -2.48. The smallest absolute Gasteiger partial charge is 0.0192 e. The van der Waals surface area contributed by atoms with Crippen LogP contribution in [0.1, 0.15) is 27.2 Å². The first kappa shape index (κ1) is 9.92. The van der Waals surface area contributed by atoms with Gasteiger partial charge in [-0.3, -0.25) is 0 Å². The van der Waals surface area contributed by atoms with E-state index in [-0.39, 0.29) is 7.43 Å². The van der Waals surface area contributed by atoms with Gasteiger partial charge in [0.05, 0.1) is 0 Å². The summed E-state index contributed by atoms with van der Waals surface area (Å²) in [6.45, 7) is 5.68. The van der Waals surface area contributed by atoms with E-state index in [0.717, 1.165) is 25.7 Å². The molecule has 2 nitrogen and oxygen atoms in total. The van der Waals surface area contributed by atoms with Crippen LogP contribution in [0.15, 0.2) is 0 Å². The van der Waals surface area contributed by atoms with Crippen LogP contribution < -0.4 is 10.6 Å². The fourth-order valence-corrected chi connectivity index (χ4v) is 1.27. The minimum atomic E-state index is 0. The van der Waals surface area contributed by atoms with Crippen molar-refractivity contribution in [3.8, 4) is 0 Å². The van der Waals surface area contributed by atoms with E-state index in [2.05, 4.69) is 17.6 Å². The Morgan fingerprint density at radius 1 is 1.40 bits per heavy atom. The summed E-state index contributed by atoms with van der Waals surface area (Å²) in [5, 5.41) is 6.81. The van der Waals surface area contributed by atoms with Crippen molar-refractivity contribution in [2.24, 2.45) is 0 Å². The first-order valence-electron chi connectivity index (χ1n) is 3.87. The molecule has 1 heterocycles. The molecule has 0 aromatic rings. The van der Waals surface area contributed by atoms with E-state index in [0.29, 0.717) is 0 Å². The molecule has 0 radical (unpaired) electrons. The van der Waals surface area contributed by atoms with Crippen LogP contribution in [-0.4, -0.2) is 25.7 Å². The van der Waals surface area contributed by atoms with Gasteiger partial charge in [-0.1, -0.05) is 20.8 Å². The summed E-state index contributed by atoms with van der Waals surface area (Å²) in [5.74, 6) is 0. The Balaban J connectivity index is 0.000000810. The molecule has 1 atom stereocenters. The Bertz CT molecular complexity index is 64.9. The monoisotopic (exact) mass is 144 g/mol. The maximum absolute atomic E-state index is 3.46. The first-order valence-corrected chi connectivity index (χ1v) is 3.87. The third kappa shape index (κ3) is 3.18. The van der Waals surface area contributed by atoms with E-state index in [1.54, 1.807) is 0 Å². The van der Waals surface area contributed by atoms with E-state index in [1.165, 1.54) is 12.8 Å². The molecule has 0 bridgehead atoms. The zero-order valence-corrected chi connectivity index (χ0v) is 6.11. The van der Waals surface area contributed by atoms with Crippen molar-refractivity contribution in [1.29, 1.82) is 0 Å². The van der Waals surface area contributed by atoms with Gasteiger partial charge in [0.1, 0.15) is 0 Å². The predicted molar refractivity (Wildman–Crippen MR) is 46.3 cm³/mol. The molecule has 0 spiro atoms. The maximum Gasteiger partial charge on any atom is 0.0192 e. The fourth-order valence-electron chi connectivity index (χ4n) is 1.27. The Labute approximate surface area is 64.4 Å². The number of hydrogen-bond donors (Lipinski definition) is 2. The van der Waals surface area contributed by atoms with Gasteiger partial charge in [0.2, 0.25) is 0 Å². The summed E-state index contributed by atoms with van der Waals surface area (Å²) >= 11 is 0. The third-order valence-electron chi connectivity index (χ3n) is 1.76. The fraction of sp³-hybridized carbons (Fsp3) is 1.00. The number of nitrogens with one attached hydrogen (secondary N) is 2. The summed E-state index contributed by atoms with van der Waals surface area (Å²) in [6, 6.07) is 0.740. The molecule has 2 N–H and O–H groups in total. The lowest BCUT2D eigenvalue weighted by atomic mass is 10.1. The van der Waals surface area contributed by atoms with Gasteiger partial charge in [-0.2, -0.15) is 0 Å². The van der Waals surface area contributed by atoms with Gasteiger partial charge in [0.25, 0.3) is 0 Å². The number of hydrogen-bond acceptors (Lipinski definition) is 2. The summed E-state index contributed by atoms with van der Waals surface area (Å²) in [6.07, 6.45) is 2.60. The van der Waals surface area contributed by atoms with Crippen molar-refractivity contribution >= 4 is 0 Å². The van der Waals surface area contributed by atoms with Gasteiger partial charge < -0.3 is 10.6 Å². The first-order chi connectivity index (χ1) is 4.43. The Morgan fingerprint density at radius 3 is 2.70 bits per heavy atom. The standard InChI is InChI=1S/C7H16N2.CH4/c1-2-3-7-6-8-4-5-9-7;/h7-9H,2-6H2,1H3;1H4/t7-;/m0./s1. The van der Waals surface area contributed by atoms with E-state index < -0.39 is 0 Å². The highest BCUT2D eigenvalue weighted by Gasteiger charge is 2.08. The van der Waals surface area contributed by atoms with Crippen LogP contribution in [0, 0.1) is 0 Å². The molecule has 0 amide bonds. The highest BCUT2D eigenvalue weighted by Crippen LogP contribution is 1.96. The Kier molecular flexibility index (Phi) is 5.64. The average Bonchev–Trinajstić information content (AvgIpc) is 1.91. The van der Waals surface area contributed by atoms with Crippen LogP contribution in [0.3, 0.4) is 0 Å². The Morgan fingerprint density at radius 2 is 2.20 bits per heavy atom. The van der Waals surface area contributed by atoms with Crippen molar-refractivity contribution in [3.63, 3.8) is 0 Å². The van der Waals surface area contributed by atoms with Crippen LogP contribution in [0.2, 0.25) is 0 Å². The second-order valence-electron chi connectivity index (χ2n) is 2.64. The third-order valence-corrected chi connectivity index (χ3v) is 1.76. The molecule has 10 heavy (non-hydrogen) atoms. The molecular formula is C8H20N2. The summed E-state index contributed by atoms with van der Waals surface area (Å²) < 4.78 is 0. The molecule has 1 fully saturated rings. The lowest BCUT2D eigenvalue weighted by Gasteiger charge is -2.23. The molecule has 0 aliphatic carbocycles. The van der Waals surface area contributed by atoms with Gasteiger partial charge in [0, 0.05) is 25.7 Å². The average molecular weight is 144 g/mol. The van der Waals surface area contributed by atoms with Crippen molar-refractivity contribution in [2.75, 3.05) is 19.6 Å². The van der Waals surface area contributed by atoms with E-state index in [4.69, 9.17) is 0 Å². The molecule has 1 saturated heterocycles. The lowest BCUT2D eigenvalue weighted by molar-refractivity contribution is 0.397. The van der Waals surface area contributed by atoms with Crippen molar-refractivity contribution in [3.05, 3.63) is 0 Å². The minimum absolute atomic E-state index is 0. The van der Waals surface area contributed by atoms with Crippen molar-refractivity contribution in [2.45, 2.75) is 33.2 Å². The number of rotatable bonds is 2. The van der Waals surface area contributed by atoms with Crippen molar-refractivity contribution < 1.29 is 0 Å². The molecule has 2 heteroatoms. The summed E-state index contributed by atoms with van der Waals surface area (Å²) in [4.78, 5) is 0. The van der Waals surface area contributed by atoms with Crippen LogP contribution >= 0.6 is 0 Å². The second-order valence-corrected chi connectivity index (χ2v) is 2.64. The second kappa shape index (κ2) is 5.69. The topological polar surface area (TPSA) is 24.1 Å². The van der Waals surface area contributed by atoms with E-state index >= 15 is 0 Å². The van der Waals surface area contributed by atoms with Crippen LogP contribution in [0.4, 0.5) is 0 Å². The molecule has 1 rings (SSSR count). The molecular weight excluding hydrogens is 124 g/mol. The largest absolute Gasteiger partial charge is 0.314 e. The van der Waals surface area contributed by atoms with Crippen LogP contribution in [0.25, 0.3) is 0 Å². The normalized spacial score (nSPS) is 25.5. The SMILES string of the molecule is C.CCC[C@H]1CNCCN1.